The molecule has 0 saturated carbocycles. The van der Waals surface area contributed by atoms with Crippen molar-refractivity contribution in [1.82, 2.24) is 5.32 Å². The highest BCUT2D eigenvalue weighted by atomic mass is 35.5. The molecule has 0 bridgehead atoms. The van der Waals surface area contributed by atoms with Crippen LogP contribution in [0, 0.1) is 0 Å². The summed E-state index contributed by atoms with van der Waals surface area (Å²) in [4.78, 5) is 14.2. The molecule has 1 saturated heterocycles. The number of fused-ring (bicyclic) bond motifs is 1. The molecule has 4 nitrogen and oxygen atoms in total. The Labute approximate surface area is 127 Å². The van der Waals surface area contributed by atoms with Gasteiger partial charge in [-0.2, -0.15) is 0 Å². The Morgan fingerprint density at radius 1 is 1.30 bits per heavy atom. The van der Waals surface area contributed by atoms with Crippen LogP contribution in [0.15, 0.2) is 6.07 Å². The van der Waals surface area contributed by atoms with E-state index in [4.69, 9.17) is 11.6 Å². The number of carbonyl (C=O) groups is 1. The maximum Gasteiger partial charge on any atom is 0.261 e. The van der Waals surface area contributed by atoms with Crippen LogP contribution < -0.4 is 5.32 Å². The molecule has 1 fully saturated rings. The van der Waals surface area contributed by atoms with E-state index in [0.29, 0.717) is 4.88 Å². The molecule has 0 aromatic carbocycles. The predicted molar refractivity (Wildman–Crippen MR) is 80.5 cm³/mol. The van der Waals surface area contributed by atoms with E-state index in [2.05, 4.69) is 5.32 Å². The number of alkyl halides is 1. The van der Waals surface area contributed by atoms with Crippen molar-refractivity contribution in [3.63, 3.8) is 0 Å². The standard InChI is InChI=1S/C13H16ClNO3S2/c14-9-6-20(17,18)7-10(9)15-13(16)12-5-8-3-1-2-4-11(8)19-12/h5,9-10H,1-4,6-7H2,(H,15,16). The van der Waals surface area contributed by atoms with Gasteiger partial charge in [0.2, 0.25) is 0 Å². The van der Waals surface area contributed by atoms with Crippen LogP contribution in [0.1, 0.15) is 33.0 Å². The van der Waals surface area contributed by atoms with Gasteiger partial charge < -0.3 is 5.32 Å². The van der Waals surface area contributed by atoms with Crippen molar-refractivity contribution in [2.45, 2.75) is 37.1 Å². The number of aryl methyl sites for hydroxylation is 2. The maximum atomic E-state index is 12.2. The van der Waals surface area contributed by atoms with E-state index in [1.54, 1.807) is 0 Å². The van der Waals surface area contributed by atoms with E-state index in [-0.39, 0.29) is 17.4 Å². The van der Waals surface area contributed by atoms with Crippen molar-refractivity contribution in [2.24, 2.45) is 0 Å². The molecule has 2 aliphatic rings. The monoisotopic (exact) mass is 333 g/mol. The average molecular weight is 334 g/mol. The second-order valence-corrected chi connectivity index (χ2v) is 9.29. The van der Waals surface area contributed by atoms with Crippen LogP contribution in [0.4, 0.5) is 0 Å². The van der Waals surface area contributed by atoms with Crippen LogP contribution in [0.25, 0.3) is 0 Å². The van der Waals surface area contributed by atoms with Crippen LogP contribution in [0.2, 0.25) is 0 Å². The van der Waals surface area contributed by atoms with Crippen LogP contribution in [0.3, 0.4) is 0 Å². The molecule has 1 aliphatic heterocycles. The Morgan fingerprint density at radius 3 is 2.70 bits per heavy atom. The van der Waals surface area contributed by atoms with E-state index < -0.39 is 21.3 Å². The highest BCUT2D eigenvalue weighted by Crippen LogP contribution is 2.30. The summed E-state index contributed by atoms with van der Waals surface area (Å²) in [7, 11) is -3.12. The number of sulfone groups is 1. The molecule has 2 heterocycles. The van der Waals surface area contributed by atoms with Gasteiger partial charge in [0.05, 0.1) is 27.8 Å². The third kappa shape index (κ3) is 2.87. The van der Waals surface area contributed by atoms with E-state index in [9.17, 15) is 13.2 Å². The third-order valence-corrected chi connectivity index (χ3v) is 7.43. The van der Waals surface area contributed by atoms with Gasteiger partial charge in [-0.05, 0) is 37.3 Å². The van der Waals surface area contributed by atoms with Crippen molar-refractivity contribution in [3.8, 4) is 0 Å². The highest BCUT2D eigenvalue weighted by Gasteiger charge is 2.37. The van der Waals surface area contributed by atoms with E-state index in [1.165, 1.54) is 34.6 Å². The fourth-order valence-corrected chi connectivity index (χ4v) is 6.49. The second kappa shape index (κ2) is 5.31. The molecular formula is C13H16ClNO3S2. The number of rotatable bonds is 2. The van der Waals surface area contributed by atoms with E-state index >= 15 is 0 Å². The number of nitrogens with one attached hydrogen (secondary N) is 1. The lowest BCUT2D eigenvalue weighted by molar-refractivity contribution is 0.0945. The number of halogens is 1. The first-order valence-corrected chi connectivity index (χ1v) is 9.79. The van der Waals surface area contributed by atoms with Crippen molar-refractivity contribution < 1.29 is 13.2 Å². The Hall–Kier alpha value is -0.590. The lowest BCUT2D eigenvalue weighted by Crippen LogP contribution is -2.40. The zero-order chi connectivity index (χ0) is 14.3. The van der Waals surface area contributed by atoms with Gasteiger partial charge in [-0.15, -0.1) is 22.9 Å². The summed E-state index contributed by atoms with van der Waals surface area (Å²) in [5, 5.41) is 2.24. The quantitative estimate of drug-likeness (QED) is 0.839. The topological polar surface area (TPSA) is 63.2 Å². The van der Waals surface area contributed by atoms with Crippen LogP contribution >= 0.6 is 22.9 Å². The smallest absolute Gasteiger partial charge is 0.261 e. The molecule has 2 atom stereocenters. The van der Waals surface area contributed by atoms with Gasteiger partial charge >= 0.3 is 0 Å². The minimum absolute atomic E-state index is 0.0551. The summed E-state index contributed by atoms with van der Waals surface area (Å²) in [5.74, 6) is -0.310. The van der Waals surface area contributed by atoms with Gasteiger partial charge in [0, 0.05) is 4.88 Å². The summed E-state index contributed by atoms with van der Waals surface area (Å²) in [6.07, 6.45) is 4.44. The summed E-state index contributed by atoms with van der Waals surface area (Å²) in [6, 6.07) is 1.47. The summed E-state index contributed by atoms with van der Waals surface area (Å²) >= 11 is 7.53. The Kier molecular flexibility index (Phi) is 3.81. The predicted octanol–water partition coefficient (Wildman–Crippen LogP) is 1.76. The lowest BCUT2D eigenvalue weighted by Gasteiger charge is -2.13. The fourth-order valence-electron chi connectivity index (χ4n) is 2.78. The zero-order valence-electron chi connectivity index (χ0n) is 10.9. The molecule has 1 aromatic rings. The van der Waals surface area contributed by atoms with E-state index in [1.807, 2.05) is 6.07 Å². The van der Waals surface area contributed by atoms with Crippen molar-refractivity contribution in [2.75, 3.05) is 11.5 Å². The average Bonchev–Trinajstić information content (AvgIpc) is 2.90. The molecule has 3 rings (SSSR count). The number of amides is 1. The maximum absolute atomic E-state index is 12.2. The lowest BCUT2D eigenvalue weighted by atomic mass is 9.99. The van der Waals surface area contributed by atoms with Gasteiger partial charge in [-0.3, -0.25) is 4.79 Å². The first-order chi connectivity index (χ1) is 9.44. The Bertz CT molecular complexity index is 615. The van der Waals surface area contributed by atoms with Crippen molar-refractivity contribution in [1.29, 1.82) is 0 Å². The Morgan fingerprint density at radius 2 is 2.05 bits per heavy atom. The number of hydrogen-bond donors (Lipinski definition) is 1. The second-order valence-electron chi connectivity index (χ2n) is 5.44. The molecule has 110 valence electrons. The van der Waals surface area contributed by atoms with Gasteiger partial charge in [0.1, 0.15) is 0 Å². The number of carbonyl (C=O) groups excluding carboxylic acids is 1. The van der Waals surface area contributed by atoms with Crippen LogP contribution in [-0.2, 0) is 22.7 Å². The molecular weight excluding hydrogens is 318 g/mol. The minimum atomic E-state index is -3.12. The van der Waals surface area contributed by atoms with E-state index in [0.717, 1.165) is 12.8 Å². The summed E-state index contributed by atoms with van der Waals surface area (Å²) < 4.78 is 23.0. The molecule has 1 N–H and O–H groups in total. The first kappa shape index (κ1) is 14.4. The van der Waals surface area contributed by atoms with Gasteiger partial charge in [0.15, 0.2) is 9.84 Å². The molecule has 1 amide bonds. The number of hydrogen-bond acceptors (Lipinski definition) is 4. The summed E-state index contributed by atoms with van der Waals surface area (Å²) in [5.41, 5.74) is 1.27. The largest absolute Gasteiger partial charge is 0.346 e. The third-order valence-electron chi connectivity index (χ3n) is 3.82. The van der Waals surface area contributed by atoms with Gasteiger partial charge in [-0.1, -0.05) is 0 Å². The molecule has 0 radical (unpaired) electrons. The zero-order valence-corrected chi connectivity index (χ0v) is 13.3. The SMILES string of the molecule is O=C(NC1CS(=O)(=O)CC1Cl)c1cc2c(s1)CCCC2. The van der Waals surface area contributed by atoms with Crippen LogP contribution in [0.5, 0.6) is 0 Å². The fraction of sp³-hybridized carbons (Fsp3) is 0.615. The molecule has 0 spiro atoms. The summed E-state index contributed by atoms with van der Waals surface area (Å²) in [6.45, 7) is 0. The number of thiophene rings is 1. The van der Waals surface area contributed by atoms with Gasteiger partial charge in [0.25, 0.3) is 5.91 Å². The molecule has 2 unspecified atom stereocenters. The Balaban J connectivity index is 1.72. The van der Waals surface area contributed by atoms with Crippen molar-refractivity contribution >= 4 is 38.7 Å². The normalized spacial score (nSPS) is 28.1. The van der Waals surface area contributed by atoms with Crippen LogP contribution in [-0.4, -0.2) is 37.2 Å². The molecule has 1 aromatic heterocycles. The molecule has 20 heavy (non-hydrogen) atoms. The molecule has 1 aliphatic carbocycles. The first-order valence-electron chi connectivity index (χ1n) is 6.71. The minimum Gasteiger partial charge on any atom is -0.346 e. The molecule has 7 heteroatoms. The van der Waals surface area contributed by atoms with Gasteiger partial charge in [-0.25, -0.2) is 8.42 Å². The highest BCUT2D eigenvalue weighted by molar-refractivity contribution is 7.91. The van der Waals surface area contributed by atoms with Crippen molar-refractivity contribution in [3.05, 3.63) is 21.4 Å².